The molecule has 0 aliphatic heterocycles. The molecule has 2 unspecified atom stereocenters. The lowest BCUT2D eigenvalue weighted by Gasteiger charge is -2.05. The van der Waals surface area contributed by atoms with E-state index in [1.54, 1.807) is 0 Å². The maximum absolute atomic E-state index is 9.07. The van der Waals surface area contributed by atoms with Gasteiger partial charge in [0.25, 0.3) is 0 Å². The number of aliphatic hydroxyl groups is 1. The highest BCUT2D eigenvalue weighted by Gasteiger charge is 2.48. The van der Waals surface area contributed by atoms with Gasteiger partial charge in [0.05, 0.1) is 0 Å². The van der Waals surface area contributed by atoms with Crippen LogP contribution in [0.5, 0.6) is 0 Å². The largest absolute Gasteiger partial charge is 0.396 e. The fourth-order valence-electron chi connectivity index (χ4n) is 1.90. The van der Waals surface area contributed by atoms with Crippen LogP contribution in [0.4, 0.5) is 0 Å². The van der Waals surface area contributed by atoms with Crippen LogP contribution in [0.15, 0.2) is 11.6 Å². The molecule has 0 aromatic carbocycles. The summed E-state index contributed by atoms with van der Waals surface area (Å²) in [5.41, 5.74) is 1.70. The first-order valence-corrected chi connectivity index (χ1v) is 5.33. The molecule has 0 aromatic rings. The van der Waals surface area contributed by atoms with Crippen LogP contribution in [-0.4, -0.2) is 11.7 Å². The van der Waals surface area contributed by atoms with Crippen LogP contribution in [0, 0.1) is 11.3 Å². The van der Waals surface area contributed by atoms with E-state index in [1.165, 1.54) is 31.3 Å². The number of hydrogen-bond donors (Lipinski definition) is 1. The average Bonchev–Trinajstić information content (AvgIpc) is 2.72. The normalized spacial score (nSPS) is 31.5. The smallest absolute Gasteiger partial charge is 0.0487 e. The zero-order valence-electron chi connectivity index (χ0n) is 9.14. The summed E-state index contributed by atoms with van der Waals surface area (Å²) in [6, 6.07) is 0. The topological polar surface area (TPSA) is 20.2 Å². The molecule has 0 aromatic heterocycles. The van der Waals surface area contributed by atoms with Crippen LogP contribution in [0.1, 0.15) is 46.5 Å². The molecule has 0 saturated heterocycles. The van der Waals surface area contributed by atoms with Gasteiger partial charge in [-0.2, -0.15) is 0 Å². The third kappa shape index (κ3) is 3.15. The number of hydrogen-bond acceptors (Lipinski definition) is 1. The standard InChI is InChI=1S/C12H22O/c1-10(2)6-4-5-7-11-8-12(11,3)9-13/h6,11,13H,4-5,7-9H2,1-3H3. The Hall–Kier alpha value is -0.300. The molecule has 0 amide bonds. The Balaban J connectivity index is 2.06. The van der Waals surface area contributed by atoms with Gasteiger partial charge in [0, 0.05) is 6.61 Å². The molecule has 1 heteroatoms. The van der Waals surface area contributed by atoms with E-state index in [-0.39, 0.29) is 5.41 Å². The zero-order chi connectivity index (χ0) is 9.90. The quantitative estimate of drug-likeness (QED) is 0.511. The molecule has 1 saturated carbocycles. The highest BCUT2D eigenvalue weighted by Crippen LogP contribution is 2.54. The average molecular weight is 182 g/mol. The Bertz CT molecular complexity index is 191. The van der Waals surface area contributed by atoms with E-state index in [1.807, 2.05) is 0 Å². The van der Waals surface area contributed by atoms with Crippen molar-refractivity contribution in [2.75, 3.05) is 6.61 Å². The third-order valence-corrected chi connectivity index (χ3v) is 3.21. The molecule has 13 heavy (non-hydrogen) atoms. The van der Waals surface area contributed by atoms with E-state index >= 15 is 0 Å². The van der Waals surface area contributed by atoms with Crippen molar-refractivity contribution in [2.45, 2.75) is 46.5 Å². The Morgan fingerprint density at radius 2 is 2.23 bits per heavy atom. The summed E-state index contributed by atoms with van der Waals surface area (Å²) in [6.45, 7) is 6.86. The summed E-state index contributed by atoms with van der Waals surface area (Å²) >= 11 is 0. The van der Waals surface area contributed by atoms with Crippen molar-refractivity contribution in [1.82, 2.24) is 0 Å². The number of aliphatic hydroxyl groups excluding tert-OH is 1. The first-order valence-electron chi connectivity index (χ1n) is 5.33. The monoisotopic (exact) mass is 182 g/mol. The summed E-state index contributed by atoms with van der Waals surface area (Å²) < 4.78 is 0. The summed E-state index contributed by atoms with van der Waals surface area (Å²) in [6.07, 6.45) is 7.32. The highest BCUT2D eigenvalue weighted by molar-refractivity contribution is 4.99. The maximum atomic E-state index is 9.07. The van der Waals surface area contributed by atoms with Crippen molar-refractivity contribution in [3.63, 3.8) is 0 Å². The highest BCUT2D eigenvalue weighted by atomic mass is 16.3. The summed E-state index contributed by atoms with van der Waals surface area (Å²) in [5.74, 6) is 0.795. The fourth-order valence-corrected chi connectivity index (χ4v) is 1.90. The van der Waals surface area contributed by atoms with Gasteiger partial charge in [-0.15, -0.1) is 0 Å². The second kappa shape index (κ2) is 4.28. The second-order valence-electron chi connectivity index (χ2n) is 4.93. The maximum Gasteiger partial charge on any atom is 0.0487 e. The number of unbranched alkanes of at least 4 members (excludes halogenated alkanes) is 1. The van der Waals surface area contributed by atoms with E-state index < -0.39 is 0 Å². The van der Waals surface area contributed by atoms with Crippen LogP contribution in [0.3, 0.4) is 0 Å². The summed E-state index contributed by atoms with van der Waals surface area (Å²) in [4.78, 5) is 0. The summed E-state index contributed by atoms with van der Waals surface area (Å²) in [7, 11) is 0. The molecule has 1 rings (SSSR count). The van der Waals surface area contributed by atoms with Gasteiger partial charge in [0.15, 0.2) is 0 Å². The van der Waals surface area contributed by atoms with Gasteiger partial charge in [0.1, 0.15) is 0 Å². The SMILES string of the molecule is CC(C)=CCCCC1CC1(C)CO. The minimum absolute atomic E-state index is 0.283. The molecule has 1 aliphatic rings. The second-order valence-corrected chi connectivity index (χ2v) is 4.93. The molecule has 0 radical (unpaired) electrons. The fraction of sp³-hybridized carbons (Fsp3) is 0.833. The van der Waals surface area contributed by atoms with E-state index in [4.69, 9.17) is 5.11 Å². The minimum Gasteiger partial charge on any atom is -0.396 e. The van der Waals surface area contributed by atoms with Gasteiger partial charge >= 0.3 is 0 Å². The molecule has 1 nitrogen and oxygen atoms in total. The van der Waals surface area contributed by atoms with Gasteiger partial charge in [0.2, 0.25) is 0 Å². The number of allylic oxidation sites excluding steroid dienone is 2. The van der Waals surface area contributed by atoms with Crippen molar-refractivity contribution >= 4 is 0 Å². The third-order valence-electron chi connectivity index (χ3n) is 3.21. The minimum atomic E-state index is 0.283. The van der Waals surface area contributed by atoms with E-state index in [0.29, 0.717) is 6.61 Å². The molecule has 2 atom stereocenters. The lowest BCUT2D eigenvalue weighted by molar-refractivity contribution is 0.209. The Kier molecular flexibility index (Phi) is 3.55. The van der Waals surface area contributed by atoms with Crippen molar-refractivity contribution < 1.29 is 5.11 Å². The molecule has 1 aliphatic carbocycles. The van der Waals surface area contributed by atoms with Crippen LogP contribution >= 0.6 is 0 Å². The molecule has 76 valence electrons. The first kappa shape index (κ1) is 10.8. The van der Waals surface area contributed by atoms with Crippen LogP contribution in [-0.2, 0) is 0 Å². The van der Waals surface area contributed by atoms with Gasteiger partial charge in [-0.1, -0.05) is 18.6 Å². The van der Waals surface area contributed by atoms with Gasteiger partial charge in [-0.25, -0.2) is 0 Å². The van der Waals surface area contributed by atoms with E-state index in [0.717, 1.165) is 5.92 Å². The number of rotatable bonds is 5. The Labute approximate surface area is 81.9 Å². The van der Waals surface area contributed by atoms with Gasteiger partial charge in [-0.3, -0.25) is 0 Å². The lowest BCUT2D eigenvalue weighted by Crippen LogP contribution is -2.03. The van der Waals surface area contributed by atoms with Crippen molar-refractivity contribution in [3.05, 3.63) is 11.6 Å². The Morgan fingerprint density at radius 1 is 1.54 bits per heavy atom. The first-order chi connectivity index (χ1) is 6.08. The molecule has 0 heterocycles. The van der Waals surface area contributed by atoms with Crippen LogP contribution in [0.2, 0.25) is 0 Å². The van der Waals surface area contributed by atoms with E-state index in [2.05, 4.69) is 26.8 Å². The van der Waals surface area contributed by atoms with Gasteiger partial charge < -0.3 is 5.11 Å². The van der Waals surface area contributed by atoms with E-state index in [9.17, 15) is 0 Å². The van der Waals surface area contributed by atoms with Crippen LogP contribution < -0.4 is 0 Å². The molecule has 1 N–H and O–H groups in total. The summed E-state index contributed by atoms with van der Waals surface area (Å²) in [5, 5.41) is 9.07. The molecule has 1 fully saturated rings. The zero-order valence-corrected chi connectivity index (χ0v) is 9.14. The molecular formula is C12H22O. The predicted octanol–water partition coefficient (Wildman–Crippen LogP) is 3.14. The van der Waals surface area contributed by atoms with Crippen LogP contribution in [0.25, 0.3) is 0 Å². The molecule has 0 spiro atoms. The van der Waals surface area contributed by atoms with Crippen molar-refractivity contribution in [2.24, 2.45) is 11.3 Å². The molecule has 0 bridgehead atoms. The Morgan fingerprint density at radius 3 is 2.69 bits per heavy atom. The molecular weight excluding hydrogens is 160 g/mol. The van der Waals surface area contributed by atoms with Crippen molar-refractivity contribution in [1.29, 1.82) is 0 Å². The predicted molar refractivity (Wildman–Crippen MR) is 56.6 cm³/mol. The van der Waals surface area contributed by atoms with Crippen molar-refractivity contribution in [3.8, 4) is 0 Å². The van der Waals surface area contributed by atoms with Gasteiger partial charge in [-0.05, 0) is 50.9 Å². The lowest BCUT2D eigenvalue weighted by atomic mass is 10.0.